The Kier molecular flexibility index (Phi) is 6.22. The minimum atomic E-state index is 0.575. The van der Waals surface area contributed by atoms with Crippen LogP contribution >= 0.6 is 11.8 Å². The number of thioether (sulfide) groups is 1. The summed E-state index contributed by atoms with van der Waals surface area (Å²) >= 11 is 1.68. The maximum atomic E-state index is 5.86. The van der Waals surface area contributed by atoms with E-state index in [1.165, 1.54) is 5.56 Å². The fraction of sp³-hybridized carbons (Fsp3) is 0.174. The van der Waals surface area contributed by atoms with Crippen molar-refractivity contribution in [2.75, 3.05) is 0 Å². The predicted molar refractivity (Wildman–Crippen MR) is 116 cm³/mol. The highest BCUT2D eigenvalue weighted by atomic mass is 32.2. The van der Waals surface area contributed by atoms with Crippen LogP contribution in [0.4, 0.5) is 0 Å². The monoisotopic (exact) mass is 402 g/mol. The molecule has 0 unspecified atom stereocenters. The molecule has 29 heavy (non-hydrogen) atoms. The third kappa shape index (κ3) is 4.84. The Morgan fingerprint density at radius 1 is 0.897 bits per heavy atom. The van der Waals surface area contributed by atoms with Crippen LogP contribution in [0, 0.1) is 0 Å². The van der Waals surface area contributed by atoms with Gasteiger partial charge in [-0.1, -0.05) is 54.2 Å². The van der Waals surface area contributed by atoms with Gasteiger partial charge in [0.2, 0.25) is 0 Å². The van der Waals surface area contributed by atoms with Crippen LogP contribution in [-0.4, -0.2) is 19.7 Å². The molecule has 0 aliphatic rings. The SMILES string of the molecule is CCn1c(SCc2ccc(OCc3ccccc3)cc2)nnc1-c1cccnc1. The molecule has 4 rings (SSSR count). The first-order chi connectivity index (χ1) is 14.3. The van der Waals surface area contributed by atoms with Crippen molar-refractivity contribution < 1.29 is 4.74 Å². The Labute approximate surface area is 174 Å². The Bertz CT molecular complexity index is 1030. The molecular formula is C23H22N4OS. The van der Waals surface area contributed by atoms with Gasteiger partial charge in [-0.3, -0.25) is 4.98 Å². The first kappa shape index (κ1) is 19.2. The summed E-state index contributed by atoms with van der Waals surface area (Å²) in [6.07, 6.45) is 3.58. The zero-order chi connectivity index (χ0) is 19.9. The van der Waals surface area contributed by atoms with Crippen molar-refractivity contribution in [3.63, 3.8) is 0 Å². The molecule has 0 fully saturated rings. The van der Waals surface area contributed by atoms with Crippen LogP contribution in [0.3, 0.4) is 0 Å². The van der Waals surface area contributed by atoms with Gasteiger partial charge in [0.1, 0.15) is 12.4 Å². The highest BCUT2D eigenvalue weighted by Crippen LogP contribution is 2.26. The van der Waals surface area contributed by atoms with Crippen molar-refractivity contribution in [2.24, 2.45) is 0 Å². The van der Waals surface area contributed by atoms with E-state index >= 15 is 0 Å². The van der Waals surface area contributed by atoms with Crippen molar-refractivity contribution in [3.8, 4) is 17.1 Å². The summed E-state index contributed by atoms with van der Waals surface area (Å²) in [6.45, 7) is 3.49. The number of aromatic nitrogens is 4. The molecule has 146 valence electrons. The maximum absolute atomic E-state index is 5.86. The molecule has 0 aliphatic heterocycles. The number of ether oxygens (including phenoxy) is 1. The second kappa shape index (κ2) is 9.39. The lowest BCUT2D eigenvalue weighted by molar-refractivity contribution is 0.306. The Morgan fingerprint density at radius 2 is 1.72 bits per heavy atom. The van der Waals surface area contributed by atoms with Crippen LogP contribution in [0.15, 0.2) is 84.3 Å². The average molecular weight is 403 g/mol. The summed E-state index contributed by atoms with van der Waals surface area (Å²) in [5.74, 6) is 2.55. The molecule has 6 heteroatoms. The van der Waals surface area contributed by atoms with E-state index in [0.29, 0.717) is 6.61 Å². The van der Waals surface area contributed by atoms with E-state index in [2.05, 4.69) is 50.9 Å². The third-order valence-electron chi connectivity index (χ3n) is 4.49. The molecule has 2 heterocycles. The zero-order valence-corrected chi connectivity index (χ0v) is 17.0. The third-order valence-corrected chi connectivity index (χ3v) is 5.53. The van der Waals surface area contributed by atoms with Gasteiger partial charge in [0.25, 0.3) is 0 Å². The highest BCUT2D eigenvalue weighted by Gasteiger charge is 2.13. The molecule has 0 atom stereocenters. The molecule has 0 saturated heterocycles. The molecule has 0 aliphatic carbocycles. The van der Waals surface area contributed by atoms with Crippen LogP contribution in [0.25, 0.3) is 11.4 Å². The van der Waals surface area contributed by atoms with E-state index in [1.807, 2.05) is 48.7 Å². The minimum Gasteiger partial charge on any atom is -0.489 e. The molecule has 0 saturated carbocycles. The molecule has 0 radical (unpaired) electrons. The Morgan fingerprint density at radius 3 is 2.45 bits per heavy atom. The normalized spacial score (nSPS) is 10.8. The van der Waals surface area contributed by atoms with Crippen molar-refractivity contribution in [2.45, 2.75) is 31.0 Å². The summed E-state index contributed by atoms with van der Waals surface area (Å²) in [5.41, 5.74) is 3.36. The van der Waals surface area contributed by atoms with E-state index in [0.717, 1.165) is 40.2 Å². The lowest BCUT2D eigenvalue weighted by atomic mass is 10.2. The van der Waals surface area contributed by atoms with Gasteiger partial charge in [-0.15, -0.1) is 10.2 Å². The summed E-state index contributed by atoms with van der Waals surface area (Å²) in [6, 6.07) is 22.3. The summed E-state index contributed by atoms with van der Waals surface area (Å²) in [7, 11) is 0. The number of pyridine rings is 1. The smallest absolute Gasteiger partial charge is 0.191 e. The minimum absolute atomic E-state index is 0.575. The molecule has 0 N–H and O–H groups in total. The molecule has 5 nitrogen and oxygen atoms in total. The summed E-state index contributed by atoms with van der Waals surface area (Å²) in [4.78, 5) is 4.18. The lowest BCUT2D eigenvalue weighted by Crippen LogP contribution is -2.00. The average Bonchev–Trinajstić information content (AvgIpc) is 3.21. The number of hydrogen-bond donors (Lipinski definition) is 0. The predicted octanol–water partition coefficient (Wildman–Crippen LogP) is 5.23. The first-order valence-electron chi connectivity index (χ1n) is 9.55. The molecule has 0 bridgehead atoms. The van der Waals surface area contributed by atoms with Gasteiger partial charge in [0.05, 0.1) is 0 Å². The van der Waals surface area contributed by atoms with E-state index < -0.39 is 0 Å². The topological polar surface area (TPSA) is 52.8 Å². The summed E-state index contributed by atoms with van der Waals surface area (Å²) < 4.78 is 7.98. The molecular weight excluding hydrogens is 380 g/mol. The quantitative estimate of drug-likeness (QED) is 0.378. The highest BCUT2D eigenvalue weighted by molar-refractivity contribution is 7.98. The molecule has 2 aromatic carbocycles. The largest absolute Gasteiger partial charge is 0.489 e. The van der Waals surface area contributed by atoms with Gasteiger partial charge in [-0.25, -0.2) is 0 Å². The van der Waals surface area contributed by atoms with Gasteiger partial charge in [-0.2, -0.15) is 0 Å². The van der Waals surface area contributed by atoms with Crippen molar-refractivity contribution in [1.29, 1.82) is 0 Å². The Balaban J connectivity index is 1.37. The van der Waals surface area contributed by atoms with Gasteiger partial charge in [-0.05, 0) is 42.3 Å². The van der Waals surface area contributed by atoms with Crippen LogP contribution in [-0.2, 0) is 18.9 Å². The van der Waals surface area contributed by atoms with E-state index in [-0.39, 0.29) is 0 Å². The number of hydrogen-bond acceptors (Lipinski definition) is 5. The molecule has 2 aromatic heterocycles. The van der Waals surface area contributed by atoms with Crippen molar-refractivity contribution in [3.05, 3.63) is 90.3 Å². The lowest BCUT2D eigenvalue weighted by Gasteiger charge is -2.08. The van der Waals surface area contributed by atoms with Gasteiger partial charge in [0.15, 0.2) is 11.0 Å². The van der Waals surface area contributed by atoms with Crippen molar-refractivity contribution in [1.82, 2.24) is 19.7 Å². The van der Waals surface area contributed by atoms with Crippen LogP contribution in [0.1, 0.15) is 18.1 Å². The second-order valence-corrected chi connectivity index (χ2v) is 7.44. The fourth-order valence-electron chi connectivity index (χ4n) is 2.96. The maximum Gasteiger partial charge on any atom is 0.191 e. The van der Waals surface area contributed by atoms with Gasteiger partial charge >= 0.3 is 0 Å². The van der Waals surface area contributed by atoms with Crippen LogP contribution in [0.2, 0.25) is 0 Å². The van der Waals surface area contributed by atoms with Gasteiger partial charge < -0.3 is 9.30 Å². The fourth-order valence-corrected chi connectivity index (χ4v) is 3.92. The van der Waals surface area contributed by atoms with E-state index in [9.17, 15) is 0 Å². The number of nitrogens with zero attached hydrogens (tertiary/aromatic N) is 4. The van der Waals surface area contributed by atoms with E-state index in [4.69, 9.17) is 4.74 Å². The van der Waals surface area contributed by atoms with Crippen LogP contribution < -0.4 is 4.74 Å². The molecule has 4 aromatic rings. The van der Waals surface area contributed by atoms with Crippen LogP contribution in [0.5, 0.6) is 5.75 Å². The molecule has 0 spiro atoms. The second-order valence-electron chi connectivity index (χ2n) is 6.50. The van der Waals surface area contributed by atoms with Gasteiger partial charge in [0, 0.05) is 30.3 Å². The Hall–Kier alpha value is -3.12. The number of benzene rings is 2. The van der Waals surface area contributed by atoms with Crippen molar-refractivity contribution >= 4 is 11.8 Å². The first-order valence-corrected chi connectivity index (χ1v) is 10.5. The zero-order valence-electron chi connectivity index (χ0n) is 16.2. The van der Waals surface area contributed by atoms with E-state index in [1.54, 1.807) is 18.0 Å². The molecule has 0 amide bonds. The number of rotatable bonds is 8. The summed E-state index contributed by atoms with van der Waals surface area (Å²) in [5, 5.41) is 9.66. The standard InChI is InChI=1S/C23H22N4OS/c1-2-27-22(20-9-6-14-24-15-20)25-26-23(27)29-17-19-10-12-21(13-11-19)28-16-18-7-4-3-5-8-18/h3-15H,2,16-17H2,1H3.